The van der Waals surface area contributed by atoms with Gasteiger partial charge in [-0.3, -0.25) is 4.79 Å². The van der Waals surface area contributed by atoms with E-state index in [-0.39, 0.29) is 18.1 Å². The Hall–Kier alpha value is -1.06. The SMILES string of the molecule is O=C(c1ccccc1Cl)N1CC2CCC(C1)O2. The molecule has 0 N–H and O–H groups in total. The van der Waals surface area contributed by atoms with Gasteiger partial charge >= 0.3 is 0 Å². The van der Waals surface area contributed by atoms with E-state index in [1.165, 1.54) is 0 Å². The Morgan fingerprint density at radius 1 is 1.24 bits per heavy atom. The van der Waals surface area contributed by atoms with Gasteiger partial charge in [-0.15, -0.1) is 0 Å². The summed E-state index contributed by atoms with van der Waals surface area (Å²) in [5, 5.41) is 0.524. The third kappa shape index (κ3) is 2.05. The molecule has 0 spiro atoms. The van der Waals surface area contributed by atoms with E-state index in [1.54, 1.807) is 12.1 Å². The molecular weight excluding hydrogens is 238 g/mol. The van der Waals surface area contributed by atoms with E-state index in [0.717, 1.165) is 12.8 Å². The Bertz CT molecular complexity index is 437. The predicted octanol–water partition coefficient (Wildman–Crippen LogP) is 2.34. The van der Waals surface area contributed by atoms with Gasteiger partial charge in [0.2, 0.25) is 0 Å². The second kappa shape index (κ2) is 4.31. The van der Waals surface area contributed by atoms with Crippen LogP contribution in [0.25, 0.3) is 0 Å². The second-order valence-electron chi connectivity index (χ2n) is 4.65. The highest BCUT2D eigenvalue weighted by molar-refractivity contribution is 6.33. The van der Waals surface area contributed by atoms with Crippen LogP contribution in [0.15, 0.2) is 24.3 Å². The van der Waals surface area contributed by atoms with Gasteiger partial charge in [0.15, 0.2) is 0 Å². The molecule has 90 valence electrons. The van der Waals surface area contributed by atoms with Crippen molar-refractivity contribution in [2.45, 2.75) is 25.0 Å². The van der Waals surface area contributed by atoms with Gasteiger partial charge in [-0.1, -0.05) is 23.7 Å². The summed E-state index contributed by atoms with van der Waals surface area (Å²) in [4.78, 5) is 14.2. The normalized spacial score (nSPS) is 27.2. The molecule has 2 aliphatic heterocycles. The summed E-state index contributed by atoms with van der Waals surface area (Å²) in [5.74, 6) is 0.0239. The third-order valence-corrected chi connectivity index (χ3v) is 3.76. The van der Waals surface area contributed by atoms with Crippen molar-refractivity contribution in [2.75, 3.05) is 13.1 Å². The maximum absolute atomic E-state index is 12.3. The van der Waals surface area contributed by atoms with E-state index in [9.17, 15) is 4.79 Å². The van der Waals surface area contributed by atoms with Crippen molar-refractivity contribution in [3.05, 3.63) is 34.9 Å². The zero-order valence-electron chi connectivity index (χ0n) is 9.43. The number of ether oxygens (including phenoxy) is 1. The zero-order valence-corrected chi connectivity index (χ0v) is 10.2. The number of likely N-dealkylation sites (tertiary alicyclic amines) is 1. The largest absolute Gasteiger partial charge is 0.371 e. The predicted molar refractivity (Wildman–Crippen MR) is 65.3 cm³/mol. The number of halogens is 1. The molecule has 1 aromatic carbocycles. The number of morpholine rings is 1. The van der Waals surface area contributed by atoms with Crippen LogP contribution in [0.3, 0.4) is 0 Å². The molecular formula is C13H14ClNO2. The first-order valence-electron chi connectivity index (χ1n) is 5.93. The summed E-state index contributed by atoms with van der Waals surface area (Å²) in [6.07, 6.45) is 2.58. The van der Waals surface area contributed by atoms with Crippen LogP contribution in [0.4, 0.5) is 0 Å². The third-order valence-electron chi connectivity index (χ3n) is 3.44. The Balaban J connectivity index is 1.81. The second-order valence-corrected chi connectivity index (χ2v) is 5.05. The first kappa shape index (κ1) is 11.1. The number of benzene rings is 1. The monoisotopic (exact) mass is 251 g/mol. The zero-order chi connectivity index (χ0) is 11.8. The molecule has 2 bridgehead atoms. The lowest BCUT2D eigenvalue weighted by Gasteiger charge is -2.32. The number of amides is 1. The van der Waals surface area contributed by atoms with Crippen molar-refractivity contribution >= 4 is 17.5 Å². The van der Waals surface area contributed by atoms with E-state index < -0.39 is 0 Å². The van der Waals surface area contributed by atoms with Crippen molar-refractivity contribution in [1.82, 2.24) is 4.90 Å². The minimum Gasteiger partial charge on any atom is -0.371 e. The minimum atomic E-state index is 0.0239. The first-order valence-corrected chi connectivity index (χ1v) is 6.31. The Kier molecular flexibility index (Phi) is 2.81. The summed E-state index contributed by atoms with van der Waals surface area (Å²) in [6, 6.07) is 7.21. The summed E-state index contributed by atoms with van der Waals surface area (Å²) in [6.45, 7) is 1.39. The number of carbonyl (C=O) groups excluding carboxylic acids is 1. The molecule has 2 heterocycles. The lowest BCUT2D eigenvalue weighted by atomic mass is 10.2. The first-order chi connectivity index (χ1) is 8.24. The molecule has 2 aliphatic rings. The van der Waals surface area contributed by atoms with Crippen molar-refractivity contribution in [2.24, 2.45) is 0 Å². The minimum absolute atomic E-state index is 0.0239. The Labute approximate surface area is 105 Å². The maximum Gasteiger partial charge on any atom is 0.255 e. The number of nitrogens with zero attached hydrogens (tertiary/aromatic N) is 1. The van der Waals surface area contributed by atoms with Gasteiger partial charge < -0.3 is 9.64 Å². The number of hydrogen-bond acceptors (Lipinski definition) is 2. The highest BCUT2D eigenvalue weighted by Gasteiger charge is 2.36. The number of hydrogen-bond donors (Lipinski definition) is 0. The van der Waals surface area contributed by atoms with E-state index in [2.05, 4.69) is 0 Å². The van der Waals surface area contributed by atoms with Crippen molar-refractivity contribution < 1.29 is 9.53 Å². The van der Waals surface area contributed by atoms with Crippen LogP contribution >= 0.6 is 11.6 Å². The van der Waals surface area contributed by atoms with Crippen LogP contribution in [0.2, 0.25) is 5.02 Å². The van der Waals surface area contributed by atoms with E-state index in [1.807, 2.05) is 17.0 Å². The molecule has 1 aromatic rings. The van der Waals surface area contributed by atoms with E-state index in [0.29, 0.717) is 23.7 Å². The fourth-order valence-electron chi connectivity index (χ4n) is 2.59. The molecule has 2 saturated heterocycles. The summed E-state index contributed by atoms with van der Waals surface area (Å²) in [7, 11) is 0. The van der Waals surface area contributed by atoms with Crippen LogP contribution in [0.5, 0.6) is 0 Å². The molecule has 0 saturated carbocycles. The summed E-state index contributed by atoms with van der Waals surface area (Å²) < 4.78 is 5.72. The maximum atomic E-state index is 12.3. The fourth-order valence-corrected chi connectivity index (χ4v) is 2.80. The highest BCUT2D eigenvalue weighted by atomic mass is 35.5. The van der Waals surface area contributed by atoms with Gasteiger partial charge in [-0.05, 0) is 25.0 Å². The molecule has 4 heteroatoms. The molecule has 0 aromatic heterocycles. The average molecular weight is 252 g/mol. The molecule has 1 amide bonds. The standard InChI is InChI=1S/C13H14ClNO2/c14-12-4-2-1-3-11(12)13(16)15-7-9-5-6-10(8-15)17-9/h1-4,9-10H,5-8H2. The Morgan fingerprint density at radius 2 is 1.88 bits per heavy atom. The molecule has 3 nitrogen and oxygen atoms in total. The van der Waals surface area contributed by atoms with E-state index in [4.69, 9.17) is 16.3 Å². The van der Waals surface area contributed by atoms with Gasteiger partial charge in [-0.2, -0.15) is 0 Å². The van der Waals surface area contributed by atoms with Crippen LogP contribution in [-0.2, 0) is 4.74 Å². The van der Waals surface area contributed by atoms with Crippen molar-refractivity contribution in [3.63, 3.8) is 0 Å². The number of fused-ring (bicyclic) bond motifs is 2. The van der Waals surface area contributed by atoms with E-state index >= 15 is 0 Å². The number of rotatable bonds is 1. The smallest absolute Gasteiger partial charge is 0.255 e. The average Bonchev–Trinajstić information content (AvgIpc) is 2.68. The van der Waals surface area contributed by atoms with Gasteiger partial charge in [0, 0.05) is 13.1 Å². The van der Waals surface area contributed by atoms with Gasteiger partial charge in [0.1, 0.15) is 0 Å². The Morgan fingerprint density at radius 3 is 2.53 bits per heavy atom. The lowest BCUT2D eigenvalue weighted by molar-refractivity contribution is -0.0303. The molecule has 2 atom stereocenters. The summed E-state index contributed by atoms with van der Waals surface area (Å²) in [5.41, 5.74) is 0.593. The molecule has 0 aliphatic carbocycles. The van der Waals surface area contributed by atoms with Gasteiger partial charge in [0.25, 0.3) is 5.91 Å². The lowest BCUT2D eigenvalue weighted by Crippen LogP contribution is -2.45. The van der Waals surface area contributed by atoms with Crippen LogP contribution in [0, 0.1) is 0 Å². The fraction of sp³-hybridized carbons (Fsp3) is 0.462. The van der Waals surface area contributed by atoms with Crippen molar-refractivity contribution in [1.29, 1.82) is 0 Å². The molecule has 2 unspecified atom stereocenters. The molecule has 0 radical (unpaired) electrons. The van der Waals surface area contributed by atoms with Crippen LogP contribution < -0.4 is 0 Å². The molecule has 17 heavy (non-hydrogen) atoms. The quantitative estimate of drug-likeness (QED) is 0.767. The molecule has 3 rings (SSSR count). The van der Waals surface area contributed by atoms with Crippen LogP contribution in [-0.4, -0.2) is 36.1 Å². The topological polar surface area (TPSA) is 29.5 Å². The van der Waals surface area contributed by atoms with Crippen LogP contribution in [0.1, 0.15) is 23.2 Å². The van der Waals surface area contributed by atoms with Gasteiger partial charge in [0.05, 0.1) is 22.8 Å². The summed E-state index contributed by atoms with van der Waals surface area (Å²) >= 11 is 6.05. The van der Waals surface area contributed by atoms with Gasteiger partial charge in [-0.25, -0.2) is 0 Å². The van der Waals surface area contributed by atoms with Crippen molar-refractivity contribution in [3.8, 4) is 0 Å². The molecule has 2 fully saturated rings. The highest BCUT2D eigenvalue weighted by Crippen LogP contribution is 2.28. The number of carbonyl (C=O) groups is 1.